The number of benzene rings is 1. The number of aromatic nitrogens is 2. The number of amides is 1. The van der Waals surface area contributed by atoms with Crippen molar-refractivity contribution in [3.05, 3.63) is 52.3 Å². The molecule has 0 aliphatic carbocycles. The van der Waals surface area contributed by atoms with Gasteiger partial charge in [-0.05, 0) is 34.0 Å². The largest absolute Gasteiger partial charge is 0.416 e. The van der Waals surface area contributed by atoms with E-state index in [2.05, 4.69) is 25.9 Å². The third kappa shape index (κ3) is 4.94. The van der Waals surface area contributed by atoms with Crippen molar-refractivity contribution in [2.24, 2.45) is 0 Å². The van der Waals surface area contributed by atoms with Gasteiger partial charge in [-0.1, -0.05) is 25.1 Å². The highest BCUT2D eigenvalue weighted by Gasteiger charge is 2.31. The molecule has 0 saturated carbocycles. The van der Waals surface area contributed by atoms with Crippen LogP contribution in [0.5, 0.6) is 0 Å². The highest BCUT2D eigenvalue weighted by atomic mass is 79.9. The molecule has 152 valence electrons. The van der Waals surface area contributed by atoms with Crippen LogP contribution in [0.1, 0.15) is 30.5 Å². The normalized spacial score (nSPS) is 17.0. The van der Waals surface area contributed by atoms with Crippen molar-refractivity contribution < 1.29 is 18.0 Å². The predicted octanol–water partition coefficient (Wildman–Crippen LogP) is 3.96. The summed E-state index contributed by atoms with van der Waals surface area (Å²) in [5.41, 5.74) is -0.00240. The van der Waals surface area contributed by atoms with E-state index in [1.54, 1.807) is 23.1 Å². The number of carbonyl (C=O) groups excluding carboxylic acids is 1. The molecule has 28 heavy (non-hydrogen) atoms. The monoisotopic (exact) mass is 458 g/mol. The van der Waals surface area contributed by atoms with Crippen LogP contribution in [0.4, 0.5) is 13.2 Å². The minimum Gasteiger partial charge on any atom is -0.338 e. The van der Waals surface area contributed by atoms with Gasteiger partial charge in [-0.15, -0.1) is 0 Å². The van der Waals surface area contributed by atoms with Crippen molar-refractivity contribution in [1.29, 1.82) is 0 Å². The van der Waals surface area contributed by atoms with E-state index in [1.807, 2.05) is 11.8 Å². The second kappa shape index (κ2) is 8.65. The molecule has 1 amide bonds. The van der Waals surface area contributed by atoms with Crippen molar-refractivity contribution in [3.63, 3.8) is 0 Å². The first kappa shape index (κ1) is 20.9. The summed E-state index contributed by atoms with van der Waals surface area (Å²) < 4.78 is 41.1. The maximum Gasteiger partial charge on any atom is 0.416 e. The molecule has 1 aromatic carbocycles. The van der Waals surface area contributed by atoms with Crippen LogP contribution in [-0.2, 0) is 17.5 Å². The Morgan fingerprint density at radius 1 is 1.25 bits per heavy atom. The molecule has 1 saturated heterocycles. The number of rotatable bonds is 5. The minimum absolute atomic E-state index is 0.0248. The van der Waals surface area contributed by atoms with Gasteiger partial charge < -0.3 is 4.90 Å². The number of nitrogens with zero attached hydrogens (tertiary/aromatic N) is 4. The fraction of sp³-hybridized carbons (Fsp3) is 0.474. The third-order valence-electron chi connectivity index (χ3n) is 4.91. The van der Waals surface area contributed by atoms with Gasteiger partial charge >= 0.3 is 6.18 Å². The van der Waals surface area contributed by atoms with E-state index in [0.717, 1.165) is 10.5 Å². The fourth-order valence-electron chi connectivity index (χ4n) is 3.40. The zero-order valence-electron chi connectivity index (χ0n) is 15.5. The molecule has 1 aliphatic heterocycles. The first-order valence-corrected chi connectivity index (χ1v) is 9.94. The first-order chi connectivity index (χ1) is 13.3. The van der Waals surface area contributed by atoms with E-state index in [9.17, 15) is 18.0 Å². The van der Waals surface area contributed by atoms with Gasteiger partial charge in [0, 0.05) is 38.9 Å². The van der Waals surface area contributed by atoms with E-state index in [0.29, 0.717) is 44.7 Å². The van der Waals surface area contributed by atoms with Gasteiger partial charge in [0.15, 0.2) is 0 Å². The van der Waals surface area contributed by atoms with Gasteiger partial charge in [0.25, 0.3) is 0 Å². The van der Waals surface area contributed by atoms with Crippen molar-refractivity contribution in [1.82, 2.24) is 19.6 Å². The van der Waals surface area contributed by atoms with Gasteiger partial charge in [-0.3, -0.25) is 14.4 Å². The highest BCUT2D eigenvalue weighted by Crippen LogP contribution is 2.30. The van der Waals surface area contributed by atoms with Crippen molar-refractivity contribution >= 4 is 21.8 Å². The molecule has 0 N–H and O–H groups in total. The van der Waals surface area contributed by atoms with Crippen molar-refractivity contribution in [2.45, 2.75) is 32.1 Å². The molecule has 2 heterocycles. The third-order valence-corrected chi connectivity index (χ3v) is 5.32. The van der Waals surface area contributed by atoms with E-state index < -0.39 is 11.7 Å². The molecule has 1 aromatic heterocycles. The predicted molar refractivity (Wildman–Crippen MR) is 103 cm³/mol. The molecule has 2 aromatic rings. The molecular weight excluding hydrogens is 437 g/mol. The Balaban J connectivity index is 1.58. The van der Waals surface area contributed by atoms with Gasteiger partial charge in [-0.25, -0.2) is 0 Å². The zero-order valence-corrected chi connectivity index (χ0v) is 17.1. The lowest BCUT2D eigenvalue weighted by molar-refractivity contribution is -0.138. The van der Waals surface area contributed by atoms with Crippen LogP contribution in [-0.4, -0.2) is 51.7 Å². The molecule has 3 rings (SSSR count). The molecule has 1 unspecified atom stereocenters. The van der Waals surface area contributed by atoms with E-state index in [4.69, 9.17) is 0 Å². The average Bonchev–Trinajstić information content (AvgIpc) is 3.08. The van der Waals surface area contributed by atoms with Crippen LogP contribution in [0.2, 0.25) is 0 Å². The molecule has 1 aliphatic rings. The molecular formula is C19H22BrF3N4O. The fourth-order valence-corrected chi connectivity index (χ4v) is 3.70. The first-order valence-electron chi connectivity index (χ1n) is 9.15. The van der Waals surface area contributed by atoms with Crippen molar-refractivity contribution in [3.8, 4) is 0 Å². The second-order valence-electron chi connectivity index (χ2n) is 6.86. The molecule has 9 heteroatoms. The Labute approximate surface area is 170 Å². The van der Waals surface area contributed by atoms with Crippen LogP contribution in [0.25, 0.3) is 0 Å². The standard InChI is InChI=1S/C19H22BrF3N4O/c1-2-17(27-13-16(20)11-24-27)18(28)26-8-6-25(7-9-26)12-14-4-3-5-15(10-14)19(21,22)23/h3-5,10-11,13,17H,2,6-9,12H2,1H3. The summed E-state index contributed by atoms with van der Waals surface area (Å²) in [6.45, 7) is 4.74. The SMILES string of the molecule is CCC(C(=O)N1CCN(Cc2cccc(C(F)(F)F)c2)CC1)n1cc(Br)cn1. The van der Waals surface area contributed by atoms with Crippen LogP contribution in [0.15, 0.2) is 41.1 Å². The summed E-state index contributed by atoms with van der Waals surface area (Å²) in [6.07, 6.45) is -0.256. The summed E-state index contributed by atoms with van der Waals surface area (Å²) in [4.78, 5) is 16.8. The lowest BCUT2D eigenvalue weighted by atomic mass is 10.1. The Hall–Kier alpha value is -1.87. The minimum atomic E-state index is -4.34. The van der Waals surface area contributed by atoms with Crippen LogP contribution < -0.4 is 0 Å². The Morgan fingerprint density at radius 3 is 2.54 bits per heavy atom. The van der Waals surface area contributed by atoms with Crippen LogP contribution >= 0.6 is 15.9 Å². The van der Waals surface area contributed by atoms with Crippen LogP contribution in [0.3, 0.4) is 0 Å². The number of carbonyl (C=O) groups is 1. The molecule has 5 nitrogen and oxygen atoms in total. The number of hydrogen-bond acceptors (Lipinski definition) is 3. The summed E-state index contributed by atoms with van der Waals surface area (Å²) in [7, 11) is 0. The van der Waals surface area contributed by atoms with Gasteiger partial charge in [0.05, 0.1) is 16.2 Å². The van der Waals surface area contributed by atoms with E-state index >= 15 is 0 Å². The Bertz CT molecular complexity index is 816. The summed E-state index contributed by atoms with van der Waals surface area (Å²) in [5, 5.41) is 4.22. The second-order valence-corrected chi connectivity index (χ2v) is 7.78. The number of piperazine rings is 1. The summed E-state index contributed by atoms with van der Waals surface area (Å²) >= 11 is 3.35. The highest BCUT2D eigenvalue weighted by molar-refractivity contribution is 9.10. The lowest BCUT2D eigenvalue weighted by Crippen LogP contribution is -2.50. The summed E-state index contributed by atoms with van der Waals surface area (Å²) in [6, 6.07) is 5.07. The maximum absolute atomic E-state index is 12.9. The van der Waals surface area contributed by atoms with E-state index in [-0.39, 0.29) is 11.9 Å². The smallest absolute Gasteiger partial charge is 0.338 e. The van der Waals surface area contributed by atoms with Crippen molar-refractivity contribution in [2.75, 3.05) is 26.2 Å². The Kier molecular flexibility index (Phi) is 6.44. The quantitative estimate of drug-likeness (QED) is 0.680. The molecule has 1 fully saturated rings. The van der Waals surface area contributed by atoms with Gasteiger partial charge in [0.2, 0.25) is 5.91 Å². The topological polar surface area (TPSA) is 41.4 Å². The number of alkyl halides is 3. The van der Waals surface area contributed by atoms with Crippen LogP contribution in [0, 0.1) is 0 Å². The zero-order chi connectivity index (χ0) is 20.3. The Morgan fingerprint density at radius 2 is 1.96 bits per heavy atom. The lowest BCUT2D eigenvalue weighted by Gasteiger charge is -2.36. The van der Waals surface area contributed by atoms with Gasteiger partial charge in [-0.2, -0.15) is 18.3 Å². The molecule has 0 radical (unpaired) electrons. The molecule has 0 bridgehead atoms. The number of hydrogen-bond donors (Lipinski definition) is 0. The molecule has 1 atom stereocenters. The number of halogens is 4. The summed E-state index contributed by atoms with van der Waals surface area (Å²) in [5.74, 6) is 0.0248. The maximum atomic E-state index is 12.9. The van der Waals surface area contributed by atoms with E-state index in [1.165, 1.54) is 12.1 Å². The van der Waals surface area contributed by atoms with Gasteiger partial charge in [0.1, 0.15) is 6.04 Å². The molecule has 0 spiro atoms. The average molecular weight is 459 g/mol.